The zero-order valence-corrected chi connectivity index (χ0v) is 14.9. The third-order valence-electron chi connectivity index (χ3n) is 6.85. The number of nitrogens with zero attached hydrogens (tertiary/aromatic N) is 3. The number of hydrogen-bond acceptors (Lipinski definition) is 4. The Kier molecular flexibility index (Phi) is 4.00. The van der Waals surface area contributed by atoms with Gasteiger partial charge >= 0.3 is 0 Å². The number of nitrogens with one attached hydrogen (secondary N) is 1. The van der Waals surface area contributed by atoms with E-state index in [-0.39, 0.29) is 6.04 Å². The molecular weight excluding hydrogens is 312 g/mol. The van der Waals surface area contributed by atoms with Gasteiger partial charge in [0.25, 0.3) is 0 Å². The van der Waals surface area contributed by atoms with Gasteiger partial charge in [-0.3, -0.25) is 4.79 Å². The van der Waals surface area contributed by atoms with Crippen molar-refractivity contribution < 1.29 is 4.79 Å². The highest BCUT2D eigenvalue weighted by molar-refractivity contribution is 5.83. The van der Waals surface area contributed by atoms with E-state index in [4.69, 9.17) is 4.98 Å². The van der Waals surface area contributed by atoms with Crippen LogP contribution in [-0.2, 0) is 17.8 Å². The lowest BCUT2D eigenvalue weighted by molar-refractivity contribution is -0.137. The lowest BCUT2D eigenvalue weighted by Crippen LogP contribution is -2.41. The molecule has 0 aromatic carbocycles. The van der Waals surface area contributed by atoms with E-state index in [1.807, 2.05) is 6.20 Å². The molecule has 1 aromatic heterocycles. The molecule has 2 aliphatic carbocycles. The van der Waals surface area contributed by atoms with Gasteiger partial charge in [0.1, 0.15) is 0 Å². The molecule has 1 saturated heterocycles. The second kappa shape index (κ2) is 6.35. The summed E-state index contributed by atoms with van der Waals surface area (Å²) in [6.07, 6.45) is 11.4. The summed E-state index contributed by atoms with van der Waals surface area (Å²) in [6, 6.07) is 0.101. The third kappa shape index (κ3) is 2.77. The van der Waals surface area contributed by atoms with E-state index >= 15 is 0 Å². The summed E-state index contributed by atoms with van der Waals surface area (Å²) in [5.74, 6) is 2.96. The Morgan fingerprint density at radius 3 is 2.76 bits per heavy atom. The molecule has 25 heavy (non-hydrogen) atoms. The van der Waals surface area contributed by atoms with Gasteiger partial charge < -0.3 is 10.2 Å². The van der Waals surface area contributed by atoms with Crippen molar-refractivity contribution in [1.29, 1.82) is 0 Å². The number of rotatable bonds is 2. The number of likely N-dealkylation sites (tertiary alicyclic amines) is 1. The van der Waals surface area contributed by atoms with E-state index in [9.17, 15) is 4.79 Å². The largest absolute Gasteiger partial charge is 0.332 e. The van der Waals surface area contributed by atoms with Gasteiger partial charge in [0.05, 0.1) is 6.04 Å². The first kappa shape index (κ1) is 15.7. The molecule has 134 valence electrons. The molecule has 1 aromatic rings. The quantitative estimate of drug-likeness (QED) is 0.899. The van der Waals surface area contributed by atoms with E-state index in [0.717, 1.165) is 44.7 Å². The van der Waals surface area contributed by atoms with Crippen LogP contribution in [0.2, 0.25) is 0 Å². The minimum atomic E-state index is 0.101. The first-order chi connectivity index (χ1) is 12.3. The zero-order chi connectivity index (χ0) is 16.8. The van der Waals surface area contributed by atoms with Crippen LogP contribution >= 0.6 is 0 Å². The topological polar surface area (TPSA) is 58.1 Å². The molecule has 2 aliphatic heterocycles. The lowest BCUT2D eigenvalue weighted by atomic mass is 9.99. The molecule has 5 nitrogen and oxygen atoms in total. The molecule has 1 N–H and O–H groups in total. The minimum absolute atomic E-state index is 0.101. The molecule has 5 heteroatoms. The molecule has 4 atom stereocenters. The fraction of sp³-hybridized carbons (Fsp3) is 0.750. The molecule has 0 radical (unpaired) electrons. The predicted molar refractivity (Wildman–Crippen MR) is 94.7 cm³/mol. The fourth-order valence-electron chi connectivity index (χ4n) is 5.43. The molecule has 3 heterocycles. The summed E-state index contributed by atoms with van der Waals surface area (Å²) >= 11 is 0. The number of amides is 1. The highest BCUT2D eigenvalue weighted by atomic mass is 16.2. The van der Waals surface area contributed by atoms with Gasteiger partial charge in [-0.05, 0) is 43.9 Å². The standard InChI is InChI=1S/C20H28N4O/c25-20(18-14-5-1-2-6-15(14)18)24-10-4-3-7-17(24)19-22-12-13-11-21-9-8-16(13)23-19/h12,14-15,17-18,21H,1-11H2/t14-,15+,17-,18?/m1/s1. The number of aromatic nitrogens is 2. The molecule has 4 aliphatic rings. The summed E-state index contributed by atoms with van der Waals surface area (Å²) in [6.45, 7) is 2.75. The van der Waals surface area contributed by atoms with E-state index in [2.05, 4.69) is 15.2 Å². The molecule has 0 spiro atoms. The predicted octanol–water partition coefficient (Wildman–Crippen LogP) is 2.61. The van der Waals surface area contributed by atoms with Crippen LogP contribution in [0.4, 0.5) is 0 Å². The highest BCUT2D eigenvalue weighted by Gasteiger charge is 2.56. The second-order valence-electron chi connectivity index (χ2n) is 8.31. The maximum absolute atomic E-state index is 13.3. The molecule has 2 saturated carbocycles. The van der Waals surface area contributed by atoms with Gasteiger partial charge in [0.2, 0.25) is 5.91 Å². The van der Waals surface area contributed by atoms with E-state index < -0.39 is 0 Å². The first-order valence-electron chi connectivity index (χ1n) is 10.2. The number of hydrogen-bond donors (Lipinski definition) is 1. The fourth-order valence-corrected chi connectivity index (χ4v) is 5.43. The Hall–Kier alpha value is -1.49. The average molecular weight is 340 g/mol. The van der Waals surface area contributed by atoms with Crippen molar-refractivity contribution in [2.24, 2.45) is 17.8 Å². The Morgan fingerprint density at radius 2 is 1.92 bits per heavy atom. The Labute approximate surface area is 149 Å². The summed E-state index contributed by atoms with van der Waals surface area (Å²) in [5, 5.41) is 3.37. The number of carbonyl (C=O) groups is 1. The number of carbonyl (C=O) groups excluding carboxylic acids is 1. The Morgan fingerprint density at radius 1 is 1.12 bits per heavy atom. The molecule has 5 rings (SSSR count). The minimum Gasteiger partial charge on any atom is -0.332 e. The SMILES string of the molecule is O=C(C1[C@H]2CCCC[C@@H]12)N1CCCC[C@@H]1c1ncc2c(n1)CCNC2. The van der Waals surface area contributed by atoms with Crippen LogP contribution in [0.15, 0.2) is 6.20 Å². The van der Waals surface area contributed by atoms with Crippen LogP contribution < -0.4 is 5.32 Å². The Balaban J connectivity index is 1.38. The van der Waals surface area contributed by atoms with E-state index in [1.165, 1.54) is 43.4 Å². The van der Waals surface area contributed by atoms with Crippen molar-refractivity contribution in [1.82, 2.24) is 20.2 Å². The normalized spacial score (nSPS) is 34.2. The summed E-state index contributed by atoms with van der Waals surface area (Å²) in [7, 11) is 0. The maximum Gasteiger partial charge on any atom is 0.226 e. The number of piperidine rings is 1. The summed E-state index contributed by atoms with van der Waals surface area (Å²) in [4.78, 5) is 25.0. The monoisotopic (exact) mass is 340 g/mol. The summed E-state index contributed by atoms with van der Waals surface area (Å²) in [5.41, 5.74) is 2.40. The molecule has 0 bridgehead atoms. The highest BCUT2D eigenvalue weighted by Crippen LogP contribution is 2.56. The van der Waals surface area contributed by atoms with Crippen molar-refractivity contribution in [2.75, 3.05) is 13.1 Å². The molecule has 1 amide bonds. The number of fused-ring (bicyclic) bond motifs is 2. The van der Waals surface area contributed by atoms with Crippen molar-refractivity contribution in [2.45, 2.75) is 64.0 Å². The van der Waals surface area contributed by atoms with Gasteiger partial charge in [0, 0.05) is 49.4 Å². The summed E-state index contributed by atoms with van der Waals surface area (Å²) < 4.78 is 0. The van der Waals surface area contributed by atoms with Crippen LogP contribution in [0.3, 0.4) is 0 Å². The maximum atomic E-state index is 13.3. The van der Waals surface area contributed by atoms with Gasteiger partial charge in [0.15, 0.2) is 5.82 Å². The molecular formula is C20H28N4O. The molecule has 1 unspecified atom stereocenters. The van der Waals surface area contributed by atoms with Gasteiger partial charge in [-0.1, -0.05) is 12.8 Å². The third-order valence-corrected chi connectivity index (χ3v) is 6.85. The van der Waals surface area contributed by atoms with Gasteiger partial charge in [-0.25, -0.2) is 9.97 Å². The van der Waals surface area contributed by atoms with Gasteiger partial charge in [-0.2, -0.15) is 0 Å². The second-order valence-corrected chi connectivity index (χ2v) is 8.31. The van der Waals surface area contributed by atoms with Crippen LogP contribution in [-0.4, -0.2) is 33.9 Å². The van der Waals surface area contributed by atoms with Gasteiger partial charge in [-0.15, -0.1) is 0 Å². The smallest absolute Gasteiger partial charge is 0.226 e. The zero-order valence-electron chi connectivity index (χ0n) is 14.9. The van der Waals surface area contributed by atoms with Crippen LogP contribution in [0.5, 0.6) is 0 Å². The van der Waals surface area contributed by atoms with Crippen molar-refractivity contribution in [3.8, 4) is 0 Å². The van der Waals surface area contributed by atoms with Crippen molar-refractivity contribution >= 4 is 5.91 Å². The van der Waals surface area contributed by atoms with Crippen LogP contribution in [0.1, 0.15) is 68.1 Å². The molecule has 3 fully saturated rings. The van der Waals surface area contributed by atoms with Crippen LogP contribution in [0.25, 0.3) is 0 Å². The van der Waals surface area contributed by atoms with E-state index in [1.54, 1.807) is 0 Å². The average Bonchev–Trinajstić information content (AvgIpc) is 3.41. The van der Waals surface area contributed by atoms with Crippen LogP contribution in [0, 0.1) is 17.8 Å². The lowest BCUT2D eigenvalue weighted by Gasteiger charge is -2.35. The van der Waals surface area contributed by atoms with Crippen molar-refractivity contribution in [3.05, 3.63) is 23.3 Å². The first-order valence-corrected chi connectivity index (χ1v) is 10.2. The van der Waals surface area contributed by atoms with Crippen molar-refractivity contribution in [3.63, 3.8) is 0 Å². The van der Waals surface area contributed by atoms with E-state index in [0.29, 0.717) is 23.7 Å². The Bertz CT molecular complexity index is 664.